The van der Waals surface area contributed by atoms with E-state index in [0.29, 0.717) is 17.1 Å². The first-order valence-electron chi connectivity index (χ1n) is 9.82. The van der Waals surface area contributed by atoms with Gasteiger partial charge in [0, 0.05) is 53.0 Å². The summed E-state index contributed by atoms with van der Waals surface area (Å²) in [5.74, 6) is 0.802. The van der Waals surface area contributed by atoms with Crippen molar-refractivity contribution in [3.8, 4) is 0 Å². The molecule has 7 N–H and O–H groups in total. The van der Waals surface area contributed by atoms with Gasteiger partial charge in [0.15, 0.2) is 0 Å². The Kier molecular flexibility index (Phi) is 6.84. The molecule has 4 rings (SSSR count). The fourth-order valence-electron chi connectivity index (χ4n) is 3.13. The summed E-state index contributed by atoms with van der Waals surface area (Å²) in [7, 11) is 4.18. The van der Waals surface area contributed by atoms with Gasteiger partial charge in [-0.2, -0.15) is 4.98 Å². The highest BCUT2D eigenvalue weighted by Gasteiger charge is 2.04. The summed E-state index contributed by atoms with van der Waals surface area (Å²) < 4.78 is 0. The summed E-state index contributed by atoms with van der Waals surface area (Å²) in [6.45, 7) is 3.12. The highest BCUT2D eigenvalue weighted by Crippen LogP contribution is 2.21. The molecule has 0 saturated heterocycles. The van der Waals surface area contributed by atoms with Gasteiger partial charge in [-0.05, 0) is 63.0 Å². The average molecular weight is 417 g/mol. The standard InChI is InChI=1S/C12H16N2.C11H12N6/c1-9-4-5-12-11(6-9)10(7-13-12)8-14(2)3;12-6-7-5-8(1-2-9(7)13)16-10-3-4-15-11(14)17-10/h4-7,13H,8H2,1-3H3;1-6,12H,13H2,(H3,14,15,16,17). The predicted octanol–water partition coefficient (Wildman–Crippen LogP) is 3.92. The van der Waals surface area contributed by atoms with Gasteiger partial charge in [-0.1, -0.05) is 11.6 Å². The van der Waals surface area contributed by atoms with Gasteiger partial charge in [-0.25, -0.2) is 4.98 Å². The number of nitrogens with zero attached hydrogens (tertiary/aromatic N) is 3. The molecule has 0 bridgehead atoms. The minimum Gasteiger partial charge on any atom is -0.398 e. The molecule has 0 radical (unpaired) electrons. The number of aromatic nitrogens is 3. The van der Waals surface area contributed by atoms with Gasteiger partial charge < -0.3 is 32.1 Å². The van der Waals surface area contributed by atoms with Crippen LogP contribution >= 0.6 is 0 Å². The molecule has 8 nitrogen and oxygen atoms in total. The number of aryl methyl sites for hydroxylation is 1. The Balaban J connectivity index is 0.000000179. The van der Waals surface area contributed by atoms with E-state index >= 15 is 0 Å². The van der Waals surface area contributed by atoms with Crippen LogP contribution in [0.25, 0.3) is 10.9 Å². The van der Waals surface area contributed by atoms with Crippen LogP contribution in [0.3, 0.4) is 0 Å². The predicted molar refractivity (Wildman–Crippen MR) is 129 cm³/mol. The molecule has 31 heavy (non-hydrogen) atoms. The van der Waals surface area contributed by atoms with E-state index in [0.717, 1.165) is 12.2 Å². The third-order valence-corrected chi connectivity index (χ3v) is 4.60. The lowest BCUT2D eigenvalue weighted by Crippen LogP contribution is -2.10. The molecule has 0 unspecified atom stereocenters. The Morgan fingerprint density at radius 3 is 2.65 bits per heavy atom. The zero-order valence-corrected chi connectivity index (χ0v) is 18.0. The molecule has 160 valence electrons. The van der Waals surface area contributed by atoms with E-state index in [4.69, 9.17) is 16.9 Å². The Morgan fingerprint density at radius 2 is 1.94 bits per heavy atom. The van der Waals surface area contributed by atoms with Crippen molar-refractivity contribution in [1.82, 2.24) is 19.9 Å². The van der Waals surface area contributed by atoms with E-state index < -0.39 is 0 Å². The quantitative estimate of drug-likeness (QED) is 0.247. The highest BCUT2D eigenvalue weighted by atomic mass is 15.1. The van der Waals surface area contributed by atoms with Crippen molar-refractivity contribution in [3.05, 3.63) is 71.5 Å². The van der Waals surface area contributed by atoms with Gasteiger partial charge in [-0.3, -0.25) is 0 Å². The van der Waals surface area contributed by atoms with E-state index in [1.807, 2.05) is 0 Å². The van der Waals surface area contributed by atoms with Crippen molar-refractivity contribution >= 4 is 40.3 Å². The van der Waals surface area contributed by atoms with Crippen LogP contribution < -0.4 is 16.8 Å². The van der Waals surface area contributed by atoms with Crippen LogP contribution in [0, 0.1) is 12.3 Å². The molecule has 0 fully saturated rings. The number of nitrogens with two attached hydrogens (primary N) is 2. The summed E-state index contributed by atoms with van der Waals surface area (Å²) >= 11 is 0. The summed E-state index contributed by atoms with van der Waals surface area (Å²) in [6, 6.07) is 13.5. The lowest BCUT2D eigenvalue weighted by atomic mass is 10.1. The van der Waals surface area contributed by atoms with E-state index in [1.165, 1.54) is 28.2 Å². The topological polar surface area (TPSA) is 133 Å². The number of aromatic amines is 1. The van der Waals surface area contributed by atoms with E-state index in [1.54, 1.807) is 30.5 Å². The van der Waals surface area contributed by atoms with Crippen LogP contribution in [-0.2, 0) is 6.54 Å². The van der Waals surface area contributed by atoms with Crippen molar-refractivity contribution in [2.45, 2.75) is 13.5 Å². The smallest absolute Gasteiger partial charge is 0.221 e. The fourth-order valence-corrected chi connectivity index (χ4v) is 3.13. The summed E-state index contributed by atoms with van der Waals surface area (Å²) in [5.41, 5.74) is 17.1. The number of hydrogen-bond donors (Lipinski definition) is 5. The Hall–Kier alpha value is -3.91. The first-order chi connectivity index (χ1) is 14.9. The van der Waals surface area contributed by atoms with Gasteiger partial charge in [0.1, 0.15) is 5.82 Å². The zero-order valence-electron chi connectivity index (χ0n) is 18.0. The molecular weight excluding hydrogens is 388 g/mol. The monoisotopic (exact) mass is 416 g/mol. The first kappa shape index (κ1) is 21.8. The number of rotatable bonds is 5. The number of H-pyrrole nitrogens is 1. The van der Waals surface area contributed by atoms with Gasteiger partial charge >= 0.3 is 0 Å². The molecule has 0 atom stereocenters. The second-order valence-electron chi connectivity index (χ2n) is 7.51. The normalized spacial score (nSPS) is 10.6. The second-order valence-corrected chi connectivity index (χ2v) is 7.51. The molecule has 0 amide bonds. The summed E-state index contributed by atoms with van der Waals surface area (Å²) in [4.78, 5) is 13.3. The van der Waals surface area contributed by atoms with Gasteiger partial charge in [0.05, 0.1) is 0 Å². The third-order valence-electron chi connectivity index (χ3n) is 4.60. The maximum Gasteiger partial charge on any atom is 0.221 e. The Labute approximate surface area is 181 Å². The second kappa shape index (κ2) is 9.73. The molecular formula is C23H28N8. The molecule has 8 heteroatoms. The van der Waals surface area contributed by atoms with Gasteiger partial charge in [0.2, 0.25) is 5.95 Å². The number of nitrogens with one attached hydrogen (secondary N) is 3. The van der Waals surface area contributed by atoms with Crippen LogP contribution in [0.5, 0.6) is 0 Å². The van der Waals surface area contributed by atoms with Crippen molar-refractivity contribution in [1.29, 1.82) is 5.41 Å². The summed E-state index contributed by atoms with van der Waals surface area (Å²) in [5, 5.41) is 11.6. The van der Waals surface area contributed by atoms with Crippen LogP contribution in [0.1, 0.15) is 16.7 Å². The minimum atomic E-state index is 0.206. The molecule has 0 aliphatic heterocycles. The van der Waals surface area contributed by atoms with E-state index in [9.17, 15) is 0 Å². The van der Waals surface area contributed by atoms with E-state index in [2.05, 4.69) is 70.6 Å². The Bertz CT molecular complexity index is 1180. The minimum absolute atomic E-state index is 0.206. The number of benzene rings is 2. The van der Waals surface area contributed by atoms with Crippen LogP contribution in [0.15, 0.2) is 54.9 Å². The fraction of sp³-hybridized carbons (Fsp3) is 0.174. The maximum absolute atomic E-state index is 7.22. The van der Waals surface area contributed by atoms with Crippen LogP contribution in [0.4, 0.5) is 23.1 Å². The molecule has 4 aromatic rings. The van der Waals surface area contributed by atoms with Gasteiger partial charge in [0.25, 0.3) is 0 Å². The maximum atomic E-state index is 7.22. The number of nitrogen functional groups attached to an aromatic ring is 2. The highest BCUT2D eigenvalue weighted by molar-refractivity contribution is 5.87. The lowest BCUT2D eigenvalue weighted by molar-refractivity contribution is 0.404. The molecule has 2 heterocycles. The molecule has 0 aliphatic carbocycles. The Morgan fingerprint density at radius 1 is 1.13 bits per heavy atom. The van der Waals surface area contributed by atoms with Crippen LogP contribution in [-0.4, -0.2) is 40.2 Å². The van der Waals surface area contributed by atoms with Crippen molar-refractivity contribution in [3.63, 3.8) is 0 Å². The average Bonchev–Trinajstić information content (AvgIpc) is 3.11. The third kappa shape index (κ3) is 5.80. The molecule has 2 aromatic heterocycles. The largest absolute Gasteiger partial charge is 0.398 e. The molecule has 0 aliphatic rings. The van der Waals surface area contributed by atoms with E-state index in [-0.39, 0.29) is 5.95 Å². The number of hydrogen-bond acceptors (Lipinski definition) is 7. The number of anilines is 4. The first-order valence-corrected chi connectivity index (χ1v) is 9.82. The van der Waals surface area contributed by atoms with Crippen molar-refractivity contribution < 1.29 is 0 Å². The van der Waals surface area contributed by atoms with Crippen molar-refractivity contribution in [2.75, 3.05) is 30.9 Å². The molecule has 0 spiro atoms. The summed E-state index contributed by atoms with van der Waals surface area (Å²) in [6.07, 6.45) is 4.87. The lowest BCUT2D eigenvalue weighted by Gasteiger charge is -2.07. The van der Waals surface area contributed by atoms with Crippen LogP contribution in [0.2, 0.25) is 0 Å². The molecule has 0 saturated carbocycles. The van der Waals surface area contributed by atoms with Crippen molar-refractivity contribution in [2.24, 2.45) is 0 Å². The SMILES string of the molecule is Cc1ccc2[nH]cc(CN(C)C)c2c1.N=Cc1cc(Nc2ccnc(N)n2)ccc1N. The zero-order chi connectivity index (χ0) is 22.4. The number of fused-ring (bicyclic) bond motifs is 1. The van der Waals surface area contributed by atoms with Gasteiger partial charge in [-0.15, -0.1) is 0 Å². The molecule has 2 aromatic carbocycles.